The molecule has 3 unspecified atom stereocenters. The first-order valence-electron chi connectivity index (χ1n) is 12.0. The van der Waals surface area contributed by atoms with Gasteiger partial charge in [0.1, 0.15) is 5.82 Å². The first kappa shape index (κ1) is 24.8. The van der Waals surface area contributed by atoms with Crippen LogP contribution in [0.1, 0.15) is 51.3 Å². The average molecular weight is 451 g/mol. The number of aliphatic hydroxyl groups excluding tert-OH is 1. The molecular formula is C27H35FN4O. The summed E-state index contributed by atoms with van der Waals surface area (Å²) in [5.41, 5.74) is 14.5. The van der Waals surface area contributed by atoms with Gasteiger partial charge in [0.15, 0.2) is 0 Å². The Bertz CT molecular complexity index is 1030. The molecule has 0 fully saturated rings. The van der Waals surface area contributed by atoms with Gasteiger partial charge in [0.05, 0.1) is 6.61 Å². The first-order valence-corrected chi connectivity index (χ1v) is 12.0. The number of hydrogen-bond acceptors (Lipinski definition) is 2. The van der Waals surface area contributed by atoms with Gasteiger partial charge >= 0.3 is 0 Å². The van der Waals surface area contributed by atoms with Crippen LogP contribution in [0.3, 0.4) is 0 Å². The quantitative estimate of drug-likeness (QED) is 0.180. The fourth-order valence-electron chi connectivity index (χ4n) is 5.16. The van der Waals surface area contributed by atoms with E-state index >= 15 is 0 Å². The van der Waals surface area contributed by atoms with E-state index in [2.05, 4.69) is 46.7 Å². The van der Waals surface area contributed by atoms with Crippen LogP contribution in [0.5, 0.6) is 0 Å². The maximum Gasteiger partial charge on any atom is 0.123 e. The summed E-state index contributed by atoms with van der Waals surface area (Å²) in [6, 6.07) is 8.89. The van der Waals surface area contributed by atoms with Crippen molar-refractivity contribution in [2.24, 2.45) is 17.0 Å². The summed E-state index contributed by atoms with van der Waals surface area (Å²) in [5.74, 6) is 0.578. The van der Waals surface area contributed by atoms with Gasteiger partial charge in [-0.15, -0.1) is 0 Å². The molecule has 33 heavy (non-hydrogen) atoms. The van der Waals surface area contributed by atoms with E-state index in [-0.39, 0.29) is 18.5 Å². The van der Waals surface area contributed by atoms with Crippen molar-refractivity contribution in [1.29, 1.82) is 0 Å². The molecule has 176 valence electrons. The minimum Gasteiger partial charge on any atom is -0.392 e. The van der Waals surface area contributed by atoms with Crippen LogP contribution in [0.2, 0.25) is 0 Å². The Morgan fingerprint density at radius 1 is 1.33 bits per heavy atom. The van der Waals surface area contributed by atoms with Gasteiger partial charge in [-0.25, -0.2) is 4.39 Å². The van der Waals surface area contributed by atoms with Crippen LogP contribution in [0, 0.1) is 17.7 Å². The molecule has 2 aromatic rings. The van der Waals surface area contributed by atoms with Crippen molar-refractivity contribution in [2.75, 3.05) is 6.61 Å². The molecule has 0 bridgehead atoms. The maximum absolute atomic E-state index is 13.6. The molecule has 5 nitrogen and oxygen atoms in total. The zero-order chi connectivity index (χ0) is 23.8. The van der Waals surface area contributed by atoms with Crippen LogP contribution >= 0.6 is 0 Å². The summed E-state index contributed by atoms with van der Waals surface area (Å²) >= 11 is 0. The highest BCUT2D eigenvalue weighted by Crippen LogP contribution is 2.38. The fraction of sp³-hybridized carbons (Fsp3) is 0.481. The zero-order valence-corrected chi connectivity index (χ0v) is 19.9. The minimum atomic E-state index is -0.244. The molecule has 1 aromatic carbocycles. The summed E-state index contributed by atoms with van der Waals surface area (Å²) in [5, 5.41) is 13.7. The van der Waals surface area contributed by atoms with Crippen molar-refractivity contribution in [3.8, 4) is 11.3 Å². The molecule has 6 heteroatoms. The highest BCUT2D eigenvalue weighted by molar-refractivity contribution is 5.63. The van der Waals surface area contributed by atoms with Gasteiger partial charge in [-0.2, -0.15) is 0 Å². The van der Waals surface area contributed by atoms with Crippen LogP contribution in [0.4, 0.5) is 4.39 Å². The zero-order valence-electron chi connectivity index (χ0n) is 19.9. The van der Waals surface area contributed by atoms with Crippen LogP contribution in [0.25, 0.3) is 21.7 Å². The van der Waals surface area contributed by atoms with Crippen molar-refractivity contribution >= 4 is 0 Å². The molecule has 0 radical (unpaired) electrons. The Kier molecular flexibility index (Phi) is 8.93. The molecule has 3 rings (SSSR count). The van der Waals surface area contributed by atoms with Gasteiger partial charge in [-0.3, -0.25) is 0 Å². The van der Waals surface area contributed by atoms with Gasteiger partial charge in [0.25, 0.3) is 0 Å². The molecule has 0 spiro atoms. The standard InChI is InChI=1S/C27H35FN4O/c1-4-6-7-20(18-33)14-15-32-26-13-10-22(25(5-2)19(3)30-31-29)16-23(26)17-27(32)21-8-11-24(28)12-9-21/h6-9,11-12,14,17,19,22,25,33H,4-5,10,13,15-16,18H2,1-3H3/b7-6-,20-14+. The number of aliphatic hydroxyl groups is 1. The molecule has 1 heterocycles. The Morgan fingerprint density at radius 3 is 2.73 bits per heavy atom. The van der Waals surface area contributed by atoms with Gasteiger partial charge in [0, 0.05) is 28.9 Å². The molecule has 0 aliphatic heterocycles. The summed E-state index contributed by atoms with van der Waals surface area (Å²) in [4.78, 5) is 3.04. The lowest BCUT2D eigenvalue weighted by Crippen LogP contribution is -2.29. The second-order valence-corrected chi connectivity index (χ2v) is 8.89. The molecule has 1 aliphatic rings. The third-order valence-corrected chi connectivity index (χ3v) is 6.89. The normalized spacial score (nSPS) is 18.1. The van der Waals surface area contributed by atoms with Crippen molar-refractivity contribution < 1.29 is 9.50 Å². The van der Waals surface area contributed by atoms with E-state index in [1.807, 2.05) is 25.1 Å². The predicted octanol–water partition coefficient (Wildman–Crippen LogP) is 7.01. The highest BCUT2D eigenvalue weighted by atomic mass is 19.1. The third kappa shape index (κ3) is 5.95. The Hall–Kier alpha value is -2.82. The second kappa shape index (κ2) is 11.9. The maximum atomic E-state index is 13.6. The lowest BCUT2D eigenvalue weighted by molar-refractivity contribution is 0.254. The average Bonchev–Trinajstić information content (AvgIpc) is 3.18. The lowest BCUT2D eigenvalue weighted by atomic mass is 9.75. The van der Waals surface area contributed by atoms with E-state index in [1.165, 1.54) is 23.4 Å². The monoisotopic (exact) mass is 450 g/mol. The number of rotatable bonds is 10. The van der Waals surface area contributed by atoms with Gasteiger partial charge in [-0.1, -0.05) is 50.5 Å². The molecule has 0 saturated heterocycles. The van der Waals surface area contributed by atoms with Gasteiger partial charge in [-0.05, 0) is 90.1 Å². The summed E-state index contributed by atoms with van der Waals surface area (Å²) in [6.45, 7) is 6.92. The summed E-state index contributed by atoms with van der Waals surface area (Å²) < 4.78 is 15.9. The van der Waals surface area contributed by atoms with Crippen LogP contribution in [0.15, 0.2) is 59.2 Å². The fourth-order valence-corrected chi connectivity index (χ4v) is 5.16. The number of aromatic nitrogens is 1. The Balaban J connectivity index is 1.98. The van der Waals surface area contributed by atoms with Crippen LogP contribution in [-0.2, 0) is 19.4 Å². The number of benzene rings is 1. The van der Waals surface area contributed by atoms with Crippen LogP contribution in [-0.4, -0.2) is 22.3 Å². The van der Waals surface area contributed by atoms with E-state index in [0.717, 1.165) is 48.9 Å². The Morgan fingerprint density at radius 2 is 2.09 bits per heavy atom. The minimum absolute atomic E-state index is 0.00337. The topological polar surface area (TPSA) is 73.9 Å². The molecule has 0 amide bonds. The smallest absolute Gasteiger partial charge is 0.123 e. The van der Waals surface area contributed by atoms with Crippen molar-refractivity contribution in [2.45, 2.75) is 65.5 Å². The number of hydrogen-bond donors (Lipinski definition) is 1. The van der Waals surface area contributed by atoms with Crippen LogP contribution < -0.4 is 0 Å². The van der Waals surface area contributed by atoms with Crippen molar-refractivity contribution in [3.05, 3.63) is 81.7 Å². The number of halogens is 1. The number of allylic oxidation sites excluding steroid dienone is 2. The van der Waals surface area contributed by atoms with Gasteiger partial charge in [0.2, 0.25) is 0 Å². The summed E-state index contributed by atoms with van der Waals surface area (Å²) in [6.07, 6.45) is 11.0. The lowest BCUT2D eigenvalue weighted by Gasteiger charge is -2.32. The van der Waals surface area contributed by atoms with E-state index in [4.69, 9.17) is 5.53 Å². The molecule has 1 aliphatic carbocycles. The third-order valence-electron chi connectivity index (χ3n) is 6.89. The number of nitrogens with zero attached hydrogens (tertiary/aromatic N) is 4. The SMILES string of the molecule is CC/C=C\C(=C/Cn1c(-c2ccc(F)cc2)cc2c1CCC(C(CC)C(C)N=[N+]=[N-])C2)CO. The second-order valence-electron chi connectivity index (χ2n) is 8.89. The van der Waals surface area contributed by atoms with Crippen molar-refractivity contribution in [1.82, 2.24) is 4.57 Å². The first-order chi connectivity index (χ1) is 16.0. The van der Waals surface area contributed by atoms with E-state index in [0.29, 0.717) is 18.4 Å². The number of azide groups is 1. The van der Waals surface area contributed by atoms with Crippen molar-refractivity contribution in [3.63, 3.8) is 0 Å². The van der Waals surface area contributed by atoms with E-state index in [9.17, 15) is 9.50 Å². The van der Waals surface area contributed by atoms with Gasteiger partial charge < -0.3 is 9.67 Å². The highest BCUT2D eigenvalue weighted by Gasteiger charge is 2.31. The molecule has 1 N–H and O–H groups in total. The molecule has 0 saturated carbocycles. The largest absolute Gasteiger partial charge is 0.392 e. The van der Waals surface area contributed by atoms with E-state index in [1.54, 1.807) is 0 Å². The van der Waals surface area contributed by atoms with E-state index < -0.39 is 0 Å². The predicted molar refractivity (Wildman–Crippen MR) is 132 cm³/mol. The summed E-state index contributed by atoms with van der Waals surface area (Å²) in [7, 11) is 0. The molecule has 3 atom stereocenters. The Labute approximate surface area is 196 Å². The number of fused-ring (bicyclic) bond motifs is 1. The molecular weight excluding hydrogens is 415 g/mol. The molecule has 1 aromatic heterocycles.